The van der Waals surface area contributed by atoms with Crippen molar-refractivity contribution in [3.8, 4) is 0 Å². The molecule has 2 aliphatic rings. The summed E-state index contributed by atoms with van der Waals surface area (Å²) in [4.78, 5) is 38.8. The Morgan fingerprint density at radius 1 is 1.27 bits per heavy atom. The summed E-state index contributed by atoms with van der Waals surface area (Å²) in [7, 11) is -3.91. The highest BCUT2D eigenvalue weighted by Gasteiger charge is 2.42. The number of carboxylic acids is 1. The molecule has 2 fully saturated rings. The number of hydrogen-bond acceptors (Lipinski definition) is 5. The Kier molecular flexibility index (Phi) is 4.72. The van der Waals surface area contributed by atoms with Gasteiger partial charge in [0, 0.05) is 25.2 Å². The highest BCUT2D eigenvalue weighted by molar-refractivity contribution is 7.89. The Morgan fingerprint density at radius 2 is 2.00 bits per heavy atom. The average molecular weight is 381 g/mol. The number of rotatable bonds is 4. The van der Waals surface area contributed by atoms with Gasteiger partial charge in [-0.2, -0.15) is 0 Å². The SMILES string of the molecule is NS(=O)(=O)c1cccc(N2CC(C(=O)N3CCC[C@@H]3C(=O)O)CC2=O)c1. The number of amides is 2. The van der Waals surface area contributed by atoms with Gasteiger partial charge in [-0.3, -0.25) is 9.59 Å². The summed E-state index contributed by atoms with van der Waals surface area (Å²) in [6.45, 7) is 0.440. The van der Waals surface area contributed by atoms with Crippen LogP contribution in [0.25, 0.3) is 0 Å². The van der Waals surface area contributed by atoms with Gasteiger partial charge in [0.25, 0.3) is 0 Å². The predicted octanol–water partition coefficient (Wildman–Crippen LogP) is -0.237. The van der Waals surface area contributed by atoms with Crippen LogP contribution in [0.4, 0.5) is 5.69 Å². The fraction of sp³-hybridized carbons (Fsp3) is 0.438. The van der Waals surface area contributed by atoms with Gasteiger partial charge in [0.1, 0.15) is 6.04 Å². The normalized spacial score (nSPS) is 23.5. The topological polar surface area (TPSA) is 138 Å². The van der Waals surface area contributed by atoms with E-state index in [9.17, 15) is 27.9 Å². The third-order valence-electron chi connectivity index (χ3n) is 4.75. The highest BCUT2D eigenvalue weighted by Crippen LogP contribution is 2.29. The molecule has 1 unspecified atom stereocenters. The van der Waals surface area contributed by atoms with E-state index in [-0.39, 0.29) is 29.7 Å². The molecule has 0 aliphatic carbocycles. The Bertz CT molecular complexity index is 868. The van der Waals surface area contributed by atoms with Crippen LogP contribution in [0, 0.1) is 5.92 Å². The minimum atomic E-state index is -3.91. The second kappa shape index (κ2) is 6.69. The maximum atomic E-state index is 12.7. The molecule has 2 saturated heterocycles. The summed E-state index contributed by atoms with van der Waals surface area (Å²) in [6, 6.07) is 4.80. The molecule has 9 nitrogen and oxygen atoms in total. The van der Waals surface area contributed by atoms with Crippen LogP contribution in [0.2, 0.25) is 0 Å². The van der Waals surface area contributed by atoms with Crippen molar-refractivity contribution >= 4 is 33.5 Å². The molecule has 26 heavy (non-hydrogen) atoms. The van der Waals surface area contributed by atoms with Crippen LogP contribution < -0.4 is 10.0 Å². The number of carboxylic acid groups (broad SMARTS) is 1. The zero-order valence-corrected chi connectivity index (χ0v) is 14.7. The van der Waals surface area contributed by atoms with E-state index in [0.717, 1.165) is 0 Å². The lowest BCUT2D eigenvalue weighted by atomic mass is 10.1. The fourth-order valence-corrected chi connectivity index (χ4v) is 4.03. The van der Waals surface area contributed by atoms with E-state index < -0.39 is 28.0 Å². The van der Waals surface area contributed by atoms with Gasteiger partial charge in [0.2, 0.25) is 21.8 Å². The summed E-state index contributed by atoms with van der Waals surface area (Å²) in [5, 5.41) is 14.3. The van der Waals surface area contributed by atoms with Gasteiger partial charge >= 0.3 is 5.97 Å². The molecule has 2 amide bonds. The lowest BCUT2D eigenvalue weighted by molar-refractivity contribution is -0.149. The van der Waals surface area contributed by atoms with Gasteiger partial charge in [-0.05, 0) is 31.0 Å². The van der Waals surface area contributed by atoms with E-state index in [1.807, 2.05) is 0 Å². The van der Waals surface area contributed by atoms with Crippen molar-refractivity contribution in [2.24, 2.45) is 11.1 Å². The first-order valence-corrected chi connectivity index (χ1v) is 9.69. The van der Waals surface area contributed by atoms with Crippen molar-refractivity contribution in [1.29, 1.82) is 0 Å². The summed E-state index contributed by atoms with van der Waals surface area (Å²) in [5.74, 6) is -2.37. The maximum Gasteiger partial charge on any atom is 0.326 e. The third-order valence-corrected chi connectivity index (χ3v) is 5.66. The van der Waals surface area contributed by atoms with Crippen LogP contribution >= 0.6 is 0 Å². The van der Waals surface area contributed by atoms with Crippen LogP contribution in [0.1, 0.15) is 19.3 Å². The quantitative estimate of drug-likeness (QED) is 0.738. The summed E-state index contributed by atoms with van der Waals surface area (Å²) < 4.78 is 23.0. The van der Waals surface area contributed by atoms with E-state index in [1.54, 1.807) is 6.07 Å². The van der Waals surface area contributed by atoms with E-state index >= 15 is 0 Å². The molecule has 2 heterocycles. The molecule has 0 radical (unpaired) electrons. The van der Waals surface area contributed by atoms with Gasteiger partial charge in [0.05, 0.1) is 10.8 Å². The van der Waals surface area contributed by atoms with Crippen molar-refractivity contribution in [1.82, 2.24) is 4.90 Å². The molecule has 3 N–H and O–H groups in total. The van der Waals surface area contributed by atoms with Gasteiger partial charge in [-0.1, -0.05) is 6.07 Å². The fourth-order valence-electron chi connectivity index (χ4n) is 3.47. The van der Waals surface area contributed by atoms with Gasteiger partial charge in [0.15, 0.2) is 0 Å². The molecule has 0 spiro atoms. The highest BCUT2D eigenvalue weighted by atomic mass is 32.2. The lowest BCUT2D eigenvalue weighted by Crippen LogP contribution is -2.44. The molecule has 1 aromatic carbocycles. The lowest BCUT2D eigenvalue weighted by Gasteiger charge is -2.24. The number of likely N-dealkylation sites (tertiary alicyclic amines) is 1. The average Bonchev–Trinajstić information content (AvgIpc) is 3.20. The molecule has 2 atom stereocenters. The smallest absolute Gasteiger partial charge is 0.326 e. The number of aliphatic carboxylic acids is 1. The number of hydrogen-bond donors (Lipinski definition) is 2. The van der Waals surface area contributed by atoms with Gasteiger partial charge < -0.3 is 14.9 Å². The molecule has 2 aliphatic heterocycles. The largest absolute Gasteiger partial charge is 0.480 e. The molecule has 1 aromatic rings. The molecule has 140 valence electrons. The van der Waals surface area contributed by atoms with Crippen LogP contribution in [0.15, 0.2) is 29.2 Å². The van der Waals surface area contributed by atoms with Crippen molar-refractivity contribution in [3.63, 3.8) is 0 Å². The van der Waals surface area contributed by atoms with Crippen LogP contribution in [-0.4, -0.2) is 55.3 Å². The minimum absolute atomic E-state index is 0.0404. The van der Waals surface area contributed by atoms with Crippen LogP contribution in [-0.2, 0) is 24.4 Å². The summed E-state index contributed by atoms with van der Waals surface area (Å²) in [6.07, 6.45) is 0.979. The molecular weight excluding hydrogens is 362 g/mol. The first-order chi connectivity index (χ1) is 12.2. The number of nitrogens with zero attached hydrogens (tertiary/aromatic N) is 2. The molecule has 0 bridgehead atoms. The first-order valence-electron chi connectivity index (χ1n) is 8.15. The van der Waals surface area contributed by atoms with Gasteiger partial charge in [-0.25, -0.2) is 18.4 Å². The number of sulfonamides is 1. The monoisotopic (exact) mass is 381 g/mol. The summed E-state index contributed by atoms with van der Waals surface area (Å²) >= 11 is 0. The molecule has 0 saturated carbocycles. The van der Waals surface area contributed by atoms with Crippen molar-refractivity contribution in [2.75, 3.05) is 18.0 Å². The number of anilines is 1. The standard InChI is InChI=1S/C16H19N3O6S/c17-26(24,25)12-4-1-3-11(8-12)19-9-10(7-14(19)20)15(21)18-6-2-5-13(18)16(22)23/h1,3-4,8,10,13H,2,5-7,9H2,(H,22,23)(H2,17,24,25)/t10?,13-/m1/s1. The van der Waals surface area contributed by atoms with Crippen molar-refractivity contribution in [2.45, 2.75) is 30.2 Å². The Morgan fingerprint density at radius 3 is 2.65 bits per heavy atom. The second-order valence-corrected chi connectivity index (χ2v) is 8.04. The first kappa shape index (κ1) is 18.3. The second-order valence-electron chi connectivity index (χ2n) is 6.48. The van der Waals surface area contributed by atoms with E-state index in [0.29, 0.717) is 25.1 Å². The zero-order valence-electron chi connectivity index (χ0n) is 13.9. The van der Waals surface area contributed by atoms with E-state index in [1.165, 1.54) is 28.0 Å². The molecule has 10 heteroatoms. The van der Waals surface area contributed by atoms with Crippen molar-refractivity contribution in [3.05, 3.63) is 24.3 Å². The van der Waals surface area contributed by atoms with E-state index in [2.05, 4.69) is 0 Å². The zero-order chi connectivity index (χ0) is 19.1. The number of benzene rings is 1. The Labute approximate surface area is 150 Å². The number of nitrogens with two attached hydrogens (primary N) is 1. The number of carbonyl (C=O) groups is 3. The van der Waals surface area contributed by atoms with Gasteiger partial charge in [-0.15, -0.1) is 0 Å². The summed E-state index contributed by atoms with van der Waals surface area (Å²) in [5.41, 5.74) is 0.341. The molecule has 0 aromatic heterocycles. The molecule has 3 rings (SSSR count). The van der Waals surface area contributed by atoms with Crippen LogP contribution in [0.5, 0.6) is 0 Å². The Hall–Kier alpha value is -2.46. The predicted molar refractivity (Wildman–Crippen MR) is 90.6 cm³/mol. The van der Waals surface area contributed by atoms with Crippen LogP contribution in [0.3, 0.4) is 0 Å². The number of primary sulfonamides is 1. The van der Waals surface area contributed by atoms with Crippen molar-refractivity contribution < 1.29 is 27.9 Å². The minimum Gasteiger partial charge on any atom is -0.480 e. The maximum absolute atomic E-state index is 12.7. The molecular formula is C16H19N3O6S. The Balaban J connectivity index is 1.79. The third kappa shape index (κ3) is 3.42. The number of carbonyl (C=O) groups excluding carboxylic acids is 2. The van der Waals surface area contributed by atoms with E-state index in [4.69, 9.17) is 5.14 Å².